The van der Waals surface area contributed by atoms with E-state index in [1.54, 1.807) is 4.90 Å². The predicted molar refractivity (Wildman–Crippen MR) is 135 cm³/mol. The molecule has 2 bridgehead atoms. The number of rotatable bonds is 3. The van der Waals surface area contributed by atoms with E-state index in [9.17, 15) is 28.3 Å². The minimum absolute atomic E-state index is 0.195. The van der Waals surface area contributed by atoms with Gasteiger partial charge in [-0.05, 0) is 56.5 Å². The molecular weight excluding hydrogens is 508 g/mol. The van der Waals surface area contributed by atoms with E-state index < -0.39 is 58.4 Å². The number of carbonyl (C=O) groups excluding carboxylic acids is 2. The van der Waals surface area contributed by atoms with Gasteiger partial charge in [0, 0.05) is 30.9 Å². The van der Waals surface area contributed by atoms with Crippen molar-refractivity contribution in [1.82, 2.24) is 14.8 Å². The molecule has 0 radical (unpaired) electrons. The first-order valence-corrected chi connectivity index (χ1v) is 12.7. The van der Waals surface area contributed by atoms with Crippen LogP contribution in [0.25, 0.3) is 0 Å². The Morgan fingerprint density at radius 3 is 2.44 bits per heavy atom. The molecule has 1 fully saturated rings. The molecule has 2 N–H and O–H groups in total. The van der Waals surface area contributed by atoms with Gasteiger partial charge in [0.05, 0.1) is 16.8 Å². The lowest BCUT2D eigenvalue weighted by Crippen LogP contribution is -2.51. The summed E-state index contributed by atoms with van der Waals surface area (Å²) in [5.74, 6) is -4.00. The highest BCUT2D eigenvalue weighted by Gasteiger charge is 2.51. The fraction of sp³-hybridized carbons (Fsp3) is 0.321. The van der Waals surface area contributed by atoms with Crippen molar-refractivity contribution in [3.8, 4) is 5.75 Å². The van der Waals surface area contributed by atoms with Gasteiger partial charge in [-0.2, -0.15) is 0 Å². The van der Waals surface area contributed by atoms with Crippen molar-refractivity contribution in [2.24, 2.45) is 9.98 Å². The van der Waals surface area contributed by atoms with E-state index in [2.05, 4.69) is 5.32 Å². The first-order chi connectivity index (χ1) is 18.6. The third-order valence-corrected chi connectivity index (χ3v) is 7.84. The van der Waals surface area contributed by atoms with E-state index in [1.807, 2.05) is 31.2 Å². The molecule has 2 atom stereocenters. The van der Waals surface area contributed by atoms with Crippen LogP contribution in [-0.4, -0.2) is 44.6 Å². The van der Waals surface area contributed by atoms with Crippen LogP contribution in [0, 0.1) is 18.6 Å². The molecule has 11 heteroatoms. The summed E-state index contributed by atoms with van der Waals surface area (Å²) in [5, 5.41) is 14.7. The Bertz CT molecular complexity index is 1690. The molecular formula is C28H25F2N5O4. The lowest BCUT2D eigenvalue weighted by molar-refractivity contribution is 0.0580. The number of hydrogen-bond acceptors (Lipinski definition) is 6. The number of nitrogens with zero attached hydrogens (tertiary/aromatic N) is 4. The molecule has 0 unspecified atom stereocenters. The number of benzene rings is 2. The van der Waals surface area contributed by atoms with Crippen LogP contribution >= 0.6 is 0 Å². The number of aryl methyl sites for hydroxylation is 1. The molecule has 1 saturated heterocycles. The smallest absolute Gasteiger partial charge is 0.274 e. The number of hydrogen-bond donors (Lipinski definition) is 2. The van der Waals surface area contributed by atoms with Gasteiger partial charge in [-0.1, -0.05) is 12.1 Å². The second-order valence-electron chi connectivity index (χ2n) is 10.3. The van der Waals surface area contributed by atoms with Crippen molar-refractivity contribution >= 4 is 11.8 Å². The van der Waals surface area contributed by atoms with Crippen LogP contribution in [0.1, 0.15) is 57.8 Å². The number of amides is 2. The van der Waals surface area contributed by atoms with Crippen LogP contribution < -0.4 is 21.5 Å². The number of aromatic hydroxyl groups is 1. The molecule has 9 nitrogen and oxygen atoms in total. The van der Waals surface area contributed by atoms with E-state index in [4.69, 9.17) is 9.98 Å². The number of aromatic nitrogens is 1. The molecule has 0 aliphatic carbocycles. The molecule has 1 spiro atoms. The summed E-state index contributed by atoms with van der Waals surface area (Å²) in [6, 6.07) is 8.87. The average molecular weight is 534 g/mol. The summed E-state index contributed by atoms with van der Waals surface area (Å²) >= 11 is 0. The van der Waals surface area contributed by atoms with Gasteiger partial charge in [0.25, 0.3) is 11.8 Å². The summed E-state index contributed by atoms with van der Waals surface area (Å²) in [4.78, 5) is 51.1. The van der Waals surface area contributed by atoms with Gasteiger partial charge in [-0.25, -0.2) is 8.78 Å². The highest BCUT2D eigenvalue weighted by atomic mass is 19.1. The Balaban J connectivity index is 1.45. The number of para-hydroxylation sites is 2. The molecule has 39 heavy (non-hydrogen) atoms. The zero-order chi connectivity index (χ0) is 27.6. The van der Waals surface area contributed by atoms with E-state index in [1.165, 1.54) is 17.7 Å². The van der Waals surface area contributed by atoms with Crippen LogP contribution in [0.2, 0.25) is 0 Å². The maximum absolute atomic E-state index is 14.3. The second-order valence-corrected chi connectivity index (χ2v) is 10.3. The normalized spacial score (nSPS) is 20.5. The van der Waals surface area contributed by atoms with E-state index in [0.717, 1.165) is 12.1 Å². The topological polar surface area (TPSA) is 116 Å². The van der Waals surface area contributed by atoms with E-state index >= 15 is 0 Å². The van der Waals surface area contributed by atoms with Gasteiger partial charge in [0.2, 0.25) is 5.43 Å². The number of nitrogens with one attached hydrogen (secondary N) is 1. The lowest BCUT2D eigenvalue weighted by Gasteiger charge is -2.40. The SMILES string of the molecule is Cc1cc(F)c(CNC(=O)c2cn3c(c(O)c2=O)C(=O)N2C[C@@H]3C3(CC[C@@H]2C)N=c2ccccc2=N3)c(F)c1. The third-order valence-electron chi connectivity index (χ3n) is 7.84. The summed E-state index contributed by atoms with van der Waals surface area (Å²) in [6.07, 6.45) is 2.31. The zero-order valence-electron chi connectivity index (χ0n) is 21.2. The Labute approximate surface area is 221 Å². The predicted octanol–water partition coefficient (Wildman–Crippen LogP) is 1.90. The van der Waals surface area contributed by atoms with Crippen LogP contribution in [0.4, 0.5) is 8.78 Å². The van der Waals surface area contributed by atoms with Crippen molar-refractivity contribution in [1.29, 1.82) is 0 Å². The van der Waals surface area contributed by atoms with Gasteiger partial charge >= 0.3 is 0 Å². The fourth-order valence-corrected chi connectivity index (χ4v) is 5.74. The summed E-state index contributed by atoms with van der Waals surface area (Å²) in [7, 11) is 0. The minimum Gasteiger partial charge on any atom is -0.503 e. The number of pyridine rings is 1. The number of halogens is 2. The molecule has 3 aliphatic heterocycles. The van der Waals surface area contributed by atoms with Gasteiger partial charge in [-0.3, -0.25) is 24.4 Å². The Morgan fingerprint density at radius 2 is 1.79 bits per heavy atom. The average Bonchev–Trinajstić information content (AvgIpc) is 3.22. The molecule has 0 saturated carbocycles. The molecule has 4 heterocycles. The summed E-state index contributed by atoms with van der Waals surface area (Å²) in [5.41, 5.74) is -2.76. The summed E-state index contributed by atoms with van der Waals surface area (Å²) in [6.45, 7) is 3.12. The molecule has 3 aliphatic rings. The van der Waals surface area contributed by atoms with Crippen molar-refractivity contribution in [3.63, 3.8) is 0 Å². The van der Waals surface area contributed by atoms with E-state index in [0.29, 0.717) is 29.1 Å². The molecule has 2 amide bonds. The largest absolute Gasteiger partial charge is 0.503 e. The van der Waals surface area contributed by atoms with Gasteiger partial charge in [0.15, 0.2) is 17.1 Å². The van der Waals surface area contributed by atoms with Crippen LogP contribution in [0.5, 0.6) is 5.75 Å². The highest BCUT2D eigenvalue weighted by molar-refractivity contribution is 5.99. The molecule has 1 aromatic heterocycles. The van der Waals surface area contributed by atoms with Gasteiger partial charge in [-0.15, -0.1) is 0 Å². The quantitative estimate of drug-likeness (QED) is 0.535. The van der Waals surface area contributed by atoms with Crippen molar-refractivity contribution < 1.29 is 23.5 Å². The summed E-state index contributed by atoms with van der Waals surface area (Å²) < 4.78 is 30.0. The maximum atomic E-state index is 14.3. The second kappa shape index (κ2) is 8.82. The molecule has 200 valence electrons. The Hall–Kier alpha value is -4.41. The molecule has 3 aromatic rings. The molecule has 2 aromatic carbocycles. The van der Waals surface area contributed by atoms with Crippen molar-refractivity contribution in [2.45, 2.75) is 51.0 Å². The van der Waals surface area contributed by atoms with Crippen molar-refractivity contribution in [3.05, 3.63) is 97.6 Å². The first kappa shape index (κ1) is 24.9. The number of fused-ring (bicyclic) bond motifs is 6. The van der Waals surface area contributed by atoms with Crippen molar-refractivity contribution in [2.75, 3.05) is 6.54 Å². The molecule has 6 rings (SSSR count). The monoisotopic (exact) mass is 533 g/mol. The maximum Gasteiger partial charge on any atom is 0.274 e. The lowest BCUT2D eigenvalue weighted by atomic mass is 9.94. The highest BCUT2D eigenvalue weighted by Crippen LogP contribution is 2.43. The van der Waals surface area contributed by atoms with Gasteiger partial charge in [0.1, 0.15) is 17.2 Å². The van der Waals surface area contributed by atoms with E-state index in [-0.39, 0.29) is 23.8 Å². The Kier molecular flexibility index (Phi) is 5.63. The zero-order valence-corrected chi connectivity index (χ0v) is 21.2. The Morgan fingerprint density at radius 1 is 1.15 bits per heavy atom. The number of carbonyl (C=O) groups is 2. The van der Waals surface area contributed by atoms with Crippen LogP contribution in [-0.2, 0) is 6.54 Å². The minimum atomic E-state index is -1.05. The van der Waals surface area contributed by atoms with Gasteiger partial charge < -0.3 is 19.9 Å². The standard InChI is InChI=1S/C28H25F2N5O4/c1-14-9-18(29)16(19(30)10-14)11-31-26(38)17-12-35-22-13-34(27(39)23(35)25(37)24(17)36)15(2)7-8-28(22)32-20-5-3-4-6-21(20)33-28/h3-6,9-10,12,15,22,37H,7-8,11,13H2,1-2H3,(H,31,38)/t15-,22+/m0/s1. The first-order valence-electron chi connectivity index (χ1n) is 12.7. The van der Waals surface area contributed by atoms with Crippen LogP contribution in [0.15, 0.2) is 57.4 Å². The van der Waals surface area contributed by atoms with Crippen LogP contribution in [0.3, 0.4) is 0 Å². The third kappa shape index (κ3) is 3.83. The fourth-order valence-electron chi connectivity index (χ4n) is 5.74.